The molecule has 7 heteroatoms. The predicted molar refractivity (Wildman–Crippen MR) is 125 cm³/mol. The number of nitrogens with zero attached hydrogens (tertiary/aromatic N) is 4. The van der Waals surface area contributed by atoms with E-state index in [1.807, 2.05) is 62.0 Å². The molecule has 0 atom stereocenters. The van der Waals surface area contributed by atoms with Crippen molar-refractivity contribution in [3.63, 3.8) is 0 Å². The van der Waals surface area contributed by atoms with Crippen LogP contribution >= 0.6 is 0 Å². The van der Waals surface area contributed by atoms with Gasteiger partial charge in [-0.2, -0.15) is 4.98 Å². The second-order valence-electron chi connectivity index (χ2n) is 7.97. The Bertz CT molecular complexity index is 1310. The molecule has 0 aliphatic carbocycles. The highest BCUT2D eigenvalue weighted by Crippen LogP contribution is 2.28. The fourth-order valence-electron chi connectivity index (χ4n) is 3.86. The summed E-state index contributed by atoms with van der Waals surface area (Å²) in [4.78, 5) is 21.0. The van der Waals surface area contributed by atoms with Gasteiger partial charge in [-0.3, -0.25) is 9.78 Å². The van der Waals surface area contributed by atoms with Crippen LogP contribution < -0.4 is 10.6 Å². The molecular formula is C25H24N6O. The minimum atomic E-state index is -0.0153. The van der Waals surface area contributed by atoms with Crippen molar-refractivity contribution in [2.45, 2.75) is 33.9 Å². The highest BCUT2D eigenvalue weighted by atomic mass is 16.1. The lowest BCUT2D eigenvalue weighted by atomic mass is 10.0. The Hall–Kier alpha value is -4.00. The molecule has 4 aromatic rings. The molecule has 160 valence electrons. The molecule has 7 nitrogen and oxygen atoms in total. The molecule has 0 spiro atoms. The molecule has 0 unspecified atom stereocenters. The highest BCUT2D eigenvalue weighted by Gasteiger charge is 2.21. The summed E-state index contributed by atoms with van der Waals surface area (Å²) < 4.78 is 1.85. The molecule has 0 bridgehead atoms. The van der Waals surface area contributed by atoms with Crippen molar-refractivity contribution in [2.24, 2.45) is 0 Å². The van der Waals surface area contributed by atoms with Crippen LogP contribution in [0.25, 0.3) is 22.5 Å². The number of rotatable bonds is 5. The van der Waals surface area contributed by atoms with Crippen LogP contribution in [-0.2, 0) is 13.1 Å². The van der Waals surface area contributed by atoms with E-state index in [2.05, 4.69) is 38.9 Å². The number of carbonyl (C=O) groups is 1. The summed E-state index contributed by atoms with van der Waals surface area (Å²) in [6.07, 6.45) is 1.89. The van der Waals surface area contributed by atoms with Gasteiger partial charge in [-0.15, -0.1) is 5.10 Å². The number of amides is 1. The molecule has 0 fully saturated rings. The van der Waals surface area contributed by atoms with Crippen LogP contribution in [0.3, 0.4) is 0 Å². The smallest absolute Gasteiger partial charge is 0.251 e. The van der Waals surface area contributed by atoms with Crippen LogP contribution in [0.15, 0.2) is 54.7 Å². The number of nitrogens with one attached hydrogen (secondary N) is 2. The number of carbonyl (C=O) groups excluding carboxylic acids is 1. The van der Waals surface area contributed by atoms with Gasteiger partial charge in [-0.25, -0.2) is 4.68 Å². The predicted octanol–water partition coefficient (Wildman–Crippen LogP) is 4.63. The molecule has 0 radical (unpaired) electrons. The minimum absolute atomic E-state index is 0.0153. The number of pyridine rings is 1. The van der Waals surface area contributed by atoms with Gasteiger partial charge in [0.05, 0.1) is 0 Å². The number of aryl methyl sites for hydroxylation is 3. The zero-order chi connectivity index (χ0) is 22.2. The third-order valence-electron chi connectivity index (χ3n) is 5.74. The molecule has 2 N–H and O–H groups in total. The molecule has 1 aliphatic rings. The average Bonchev–Trinajstić information content (AvgIpc) is 3.38. The first-order valence-corrected chi connectivity index (χ1v) is 10.7. The molecule has 0 saturated heterocycles. The van der Waals surface area contributed by atoms with E-state index in [0.717, 1.165) is 44.8 Å². The summed E-state index contributed by atoms with van der Waals surface area (Å²) in [6, 6.07) is 16.2. The maximum atomic E-state index is 11.9. The Morgan fingerprint density at radius 1 is 1.03 bits per heavy atom. The van der Waals surface area contributed by atoms with Crippen LogP contribution in [0.5, 0.6) is 0 Å². The number of hydrogen-bond donors (Lipinski definition) is 2. The number of aromatic nitrogens is 4. The van der Waals surface area contributed by atoms with Gasteiger partial charge in [0.15, 0.2) is 5.82 Å². The summed E-state index contributed by atoms with van der Waals surface area (Å²) in [6.45, 7) is 7.24. The average molecular weight is 425 g/mol. The van der Waals surface area contributed by atoms with Gasteiger partial charge in [0.25, 0.3) is 5.91 Å². The molecule has 3 heterocycles. The van der Waals surface area contributed by atoms with Crippen molar-refractivity contribution in [2.75, 3.05) is 5.32 Å². The van der Waals surface area contributed by atoms with E-state index in [0.29, 0.717) is 24.9 Å². The largest absolute Gasteiger partial charge is 0.348 e. The van der Waals surface area contributed by atoms with Gasteiger partial charge < -0.3 is 10.6 Å². The van der Waals surface area contributed by atoms with Crippen LogP contribution in [0.4, 0.5) is 11.6 Å². The first-order valence-electron chi connectivity index (χ1n) is 10.7. The maximum absolute atomic E-state index is 11.9. The summed E-state index contributed by atoms with van der Waals surface area (Å²) in [5, 5.41) is 11.0. The van der Waals surface area contributed by atoms with Crippen LogP contribution in [0, 0.1) is 13.8 Å². The number of hydrogen-bond acceptors (Lipinski definition) is 5. The Labute approximate surface area is 186 Å². The van der Waals surface area contributed by atoms with Crippen molar-refractivity contribution in [1.82, 2.24) is 25.1 Å². The van der Waals surface area contributed by atoms with E-state index in [9.17, 15) is 4.79 Å². The third kappa shape index (κ3) is 3.62. The normalized spacial score (nSPS) is 12.5. The first-order chi connectivity index (χ1) is 15.5. The Morgan fingerprint density at radius 2 is 1.78 bits per heavy atom. The first kappa shape index (κ1) is 19.9. The second kappa shape index (κ2) is 7.92. The van der Waals surface area contributed by atoms with Crippen LogP contribution in [0.2, 0.25) is 0 Å². The van der Waals surface area contributed by atoms with E-state index in [1.54, 1.807) is 0 Å². The van der Waals surface area contributed by atoms with Gasteiger partial charge in [-0.05, 0) is 55.7 Å². The minimum Gasteiger partial charge on any atom is -0.348 e. The summed E-state index contributed by atoms with van der Waals surface area (Å²) >= 11 is 0. The van der Waals surface area contributed by atoms with Crippen LogP contribution in [0.1, 0.15) is 34.1 Å². The Morgan fingerprint density at radius 3 is 2.50 bits per heavy atom. The summed E-state index contributed by atoms with van der Waals surface area (Å²) in [5.41, 5.74) is 7.79. The lowest BCUT2D eigenvalue weighted by Gasteiger charge is -2.11. The van der Waals surface area contributed by atoms with Gasteiger partial charge >= 0.3 is 0 Å². The monoisotopic (exact) mass is 424 g/mol. The fraction of sp³-hybridized carbons (Fsp3) is 0.200. The van der Waals surface area contributed by atoms with Gasteiger partial charge in [-0.1, -0.05) is 30.3 Å². The molecule has 0 saturated carbocycles. The van der Waals surface area contributed by atoms with Gasteiger partial charge in [0.1, 0.15) is 0 Å². The number of anilines is 2. The summed E-state index contributed by atoms with van der Waals surface area (Å²) in [5.74, 6) is 1.33. The van der Waals surface area contributed by atoms with Gasteiger partial charge in [0.2, 0.25) is 5.95 Å². The molecule has 2 aromatic heterocycles. The second-order valence-corrected chi connectivity index (χ2v) is 7.97. The quantitative estimate of drug-likeness (QED) is 0.488. The number of fused-ring (bicyclic) bond motifs is 1. The van der Waals surface area contributed by atoms with E-state index in [-0.39, 0.29) is 5.91 Å². The standard InChI is InChI=1S/C25H24N6O/c1-4-31-25(28-22-12-20-14-27-24(32)21(20)11-15(22)2)29-23(30-31)18-9-7-17(8-10-18)19-6-5-16(3)26-13-19/h5-13H,4,14H2,1-3H3,(H,27,32)(H,28,29,30). The van der Waals surface area contributed by atoms with E-state index in [4.69, 9.17) is 4.98 Å². The maximum Gasteiger partial charge on any atom is 0.251 e. The van der Waals surface area contributed by atoms with E-state index in [1.165, 1.54) is 0 Å². The molecule has 1 amide bonds. The molecule has 32 heavy (non-hydrogen) atoms. The van der Waals surface area contributed by atoms with E-state index < -0.39 is 0 Å². The van der Waals surface area contributed by atoms with E-state index >= 15 is 0 Å². The molecular weight excluding hydrogens is 400 g/mol. The van der Waals surface area contributed by atoms with Crippen molar-refractivity contribution in [3.05, 3.63) is 77.1 Å². The van der Waals surface area contributed by atoms with Crippen molar-refractivity contribution in [1.29, 1.82) is 0 Å². The SMILES string of the molecule is CCn1nc(-c2ccc(-c3ccc(C)nc3)cc2)nc1Nc1cc2c(cc1C)C(=O)NC2. The summed E-state index contributed by atoms with van der Waals surface area (Å²) in [7, 11) is 0. The molecule has 2 aromatic carbocycles. The Kier molecular flexibility index (Phi) is 4.93. The van der Waals surface area contributed by atoms with Crippen molar-refractivity contribution < 1.29 is 4.79 Å². The van der Waals surface area contributed by atoms with Crippen molar-refractivity contribution in [3.8, 4) is 22.5 Å². The number of benzene rings is 2. The molecule has 1 aliphatic heterocycles. The zero-order valence-corrected chi connectivity index (χ0v) is 18.3. The highest BCUT2D eigenvalue weighted by molar-refractivity contribution is 5.99. The Balaban J connectivity index is 1.43. The molecule has 5 rings (SSSR count). The van der Waals surface area contributed by atoms with Gasteiger partial charge in [0, 0.05) is 47.4 Å². The van der Waals surface area contributed by atoms with Crippen molar-refractivity contribution >= 4 is 17.5 Å². The lowest BCUT2D eigenvalue weighted by Crippen LogP contribution is -2.12. The fourth-order valence-corrected chi connectivity index (χ4v) is 3.86. The lowest BCUT2D eigenvalue weighted by molar-refractivity contribution is 0.0965. The zero-order valence-electron chi connectivity index (χ0n) is 18.3. The topological polar surface area (TPSA) is 84.7 Å². The third-order valence-corrected chi connectivity index (χ3v) is 5.74. The van der Waals surface area contributed by atoms with Crippen LogP contribution in [-0.4, -0.2) is 25.7 Å².